The summed E-state index contributed by atoms with van der Waals surface area (Å²) in [6.45, 7) is 44.6. The second-order valence-corrected chi connectivity index (χ2v) is 32.4. The molecule has 0 saturated carbocycles. The molecule has 22 heteroatoms. The fourth-order valence-electron chi connectivity index (χ4n) is 9.26. The SMILES string of the molecule is CCOc1ccc(C)c(Cl)c1.CCc1ccc(C)c(C)c1.COc1ccc(C)c(Cl)c1.Cc1ccc(C(C)C)cc1C.Cc1ccc(C(C)C)cc1Cl.Cc1ccc(C(F)(F)F)cc1Cl.Cc1ccc(C)c(Cl)c1.Cc1ccc(Cl)cc1C.Cc1ccc(OC(C)C)cc1Cl.Cc1ccc(OC(F)(F)F)cc1Cl.Cc1ccc(OC(F)F)cc1Cl. The van der Waals surface area contributed by atoms with Gasteiger partial charge in [-0.15, -0.1) is 13.2 Å². The van der Waals surface area contributed by atoms with Gasteiger partial charge in [0.2, 0.25) is 0 Å². The van der Waals surface area contributed by atoms with E-state index >= 15 is 0 Å². The van der Waals surface area contributed by atoms with Crippen molar-refractivity contribution in [1.29, 1.82) is 0 Å². The summed E-state index contributed by atoms with van der Waals surface area (Å²) in [7, 11) is 1.63. The Bertz CT molecular complexity index is 4680. The van der Waals surface area contributed by atoms with Gasteiger partial charge in [-0.1, -0.05) is 242 Å². The summed E-state index contributed by atoms with van der Waals surface area (Å²) in [5.41, 5.74) is 20.5. The summed E-state index contributed by atoms with van der Waals surface area (Å²) in [5, 5.41) is 5.63. The number of alkyl halides is 8. The van der Waals surface area contributed by atoms with Gasteiger partial charge in [0, 0.05) is 45.2 Å². The molecule has 5 nitrogen and oxygen atoms in total. The summed E-state index contributed by atoms with van der Waals surface area (Å²) in [6.07, 6.45) is -7.64. The zero-order valence-electron chi connectivity index (χ0n) is 72.7. The van der Waals surface area contributed by atoms with Crippen LogP contribution in [-0.4, -0.2) is 32.8 Å². The zero-order valence-corrected chi connectivity index (χ0v) is 79.5. The van der Waals surface area contributed by atoms with E-state index in [4.69, 9.17) is 119 Å². The minimum absolute atomic E-state index is 0.0839. The minimum Gasteiger partial charge on any atom is -0.497 e. The lowest BCUT2D eigenvalue weighted by Crippen LogP contribution is -2.17. The Kier molecular flexibility index (Phi) is 51.8. The first-order chi connectivity index (χ1) is 55.8. The molecule has 120 heavy (non-hydrogen) atoms. The molecule has 11 rings (SSSR count). The molecule has 0 aliphatic carbocycles. The third-order valence-corrected chi connectivity index (χ3v) is 20.9. The molecule has 0 aliphatic rings. The lowest BCUT2D eigenvalue weighted by Gasteiger charge is -2.10. The highest BCUT2D eigenvalue weighted by atomic mass is 35.5. The Hall–Kier alpha value is -7.53. The molecule has 0 heterocycles. The van der Waals surface area contributed by atoms with Crippen molar-refractivity contribution in [3.05, 3.63) is 351 Å². The van der Waals surface area contributed by atoms with Gasteiger partial charge in [-0.05, 0) is 340 Å². The number of rotatable bonds is 11. The van der Waals surface area contributed by atoms with Gasteiger partial charge in [0.25, 0.3) is 0 Å². The topological polar surface area (TPSA) is 46.2 Å². The van der Waals surface area contributed by atoms with E-state index in [0.29, 0.717) is 34.6 Å². The van der Waals surface area contributed by atoms with Gasteiger partial charge >= 0.3 is 19.2 Å². The van der Waals surface area contributed by atoms with Crippen molar-refractivity contribution in [2.75, 3.05) is 13.7 Å². The summed E-state index contributed by atoms with van der Waals surface area (Å²) in [4.78, 5) is 0. The van der Waals surface area contributed by atoms with E-state index in [-0.39, 0.29) is 27.6 Å². The molecule has 11 aromatic rings. The van der Waals surface area contributed by atoms with Gasteiger partial charge in [0.05, 0.1) is 25.4 Å². The molecule has 654 valence electrons. The van der Waals surface area contributed by atoms with Crippen molar-refractivity contribution in [3.63, 3.8) is 0 Å². The normalized spacial score (nSPS) is 10.4. The van der Waals surface area contributed by atoms with Gasteiger partial charge in [-0.2, -0.15) is 22.0 Å². The summed E-state index contributed by atoms with van der Waals surface area (Å²) in [6, 6.07) is 60.1. The highest BCUT2D eigenvalue weighted by Gasteiger charge is 2.32. The van der Waals surface area contributed by atoms with Crippen molar-refractivity contribution in [3.8, 4) is 28.7 Å². The maximum absolute atomic E-state index is 12.0. The molecule has 0 radical (unpaired) electrons. The Labute approximate surface area is 753 Å². The molecule has 0 N–H and O–H groups in total. The molecular weight excluding hydrogens is 1730 g/mol. The smallest absolute Gasteiger partial charge is 0.497 e. The van der Waals surface area contributed by atoms with Crippen LogP contribution in [0.5, 0.6) is 28.7 Å². The van der Waals surface area contributed by atoms with Crippen LogP contribution in [0.15, 0.2) is 200 Å². The van der Waals surface area contributed by atoms with E-state index < -0.39 is 24.7 Å². The van der Waals surface area contributed by atoms with Crippen LogP contribution >= 0.6 is 104 Å². The number of hydrogen-bond acceptors (Lipinski definition) is 5. The lowest BCUT2D eigenvalue weighted by atomic mass is 9.99. The Morgan fingerprint density at radius 3 is 0.975 bits per heavy atom. The molecule has 0 fully saturated rings. The van der Waals surface area contributed by atoms with Crippen LogP contribution < -0.4 is 23.7 Å². The molecule has 0 spiro atoms. The van der Waals surface area contributed by atoms with Crippen molar-refractivity contribution >= 4 is 104 Å². The average Bonchev–Trinajstić information content (AvgIpc) is 0.836. The maximum atomic E-state index is 12.0. The number of methoxy groups -OCH3 is 1. The molecular formula is C98H113Cl9F8O5. The Balaban J connectivity index is 0.000000661. The van der Waals surface area contributed by atoms with Crippen molar-refractivity contribution in [2.24, 2.45) is 0 Å². The third-order valence-electron chi connectivity index (χ3n) is 17.4. The fourth-order valence-corrected chi connectivity index (χ4v) is 10.9. The van der Waals surface area contributed by atoms with E-state index in [0.717, 1.165) is 105 Å². The lowest BCUT2D eigenvalue weighted by molar-refractivity contribution is -0.274. The molecule has 11 aromatic carbocycles. The maximum Gasteiger partial charge on any atom is 0.573 e. The Morgan fingerprint density at radius 2 is 0.633 bits per heavy atom. The Morgan fingerprint density at radius 1 is 0.308 bits per heavy atom. The van der Waals surface area contributed by atoms with Crippen LogP contribution in [0, 0.1) is 104 Å². The van der Waals surface area contributed by atoms with Gasteiger partial charge in [-0.25, -0.2) is 0 Å². The van der Waals surface area contributed by atoms with E-state index in [1.807, 2.05) is 147 Å². The molecule has 0 unspecified atom stereocenters. The molecule has 0 saturated heterocycles. The first-order valence-corrected chi connectivity index (χ1v) is 41.7. The van der Waals surface area contributed by atoms with Crippen molar-refractivity contribution in [2.45, 2.75) is 203 Å². The van der Waals surface area contributed by atoms with E-state index in [1.165, 1.54) is 86.0 Å². The van der Waals surface area contributed by atoms with Crippen LogP contribution in [0.4, 0.5) is 35.1 Å². The number of ether oxygens (including phenoxy) is 5. The number of halogens is 17. The highest BCUT2D eigenvalue weighted by molar-refractivity contribution is 6.34. The zero-order chi connectivity index (χ0) is 91.6. The molecule has 0 aromatic heterocycles. The quantitative estimate of drug-likeness (QED) is 0.121. The number of benzene rings is 11. The summed E-state index contributed by atoms with van der Waals surface area (Å²) >= 11 is 51.9. The van der Waals surface area contributed by atoms with E-state index in [1.54, 1.807) is 40.0 Å². The summed E-state index contributed by atoms with van der Waals surface area (Å²) < 4.78 is 118. The van der Waals surface area contributed by atoms with Crippen LogP contribution in [-0.2, 0) is 12.6 Å². The van der Waals surface area contributed by atoms with Crippen molar-refractivity contribution in [1.82, 2.24) is 0 Å². The highest BCUT2D eigenvalue weighted by Crippen LogP contribution is 2.33. The fraction of sp³-hybridized carbons (Fsp3) is 0.327. The summed E-state index contributed by atoms with van der Waals surface area (Å²) in [5.74, 6) is 3.46. The van der Waals surface area contributed by atoms with Crippen LogP contribution in [0.3, 0.4) is 0 Å². The second-order valence-electron chi connectivity index (χ2n) is 28.7. The number of hydrogen-bond donors (Lipinski definition) is 0. The third kappa shape index (κ3) is 46.1. The standard InChI is InChI=1S/C11H16.C10H13ClO.C10H13Cl.C10H14.C9H11ClO.C8H6ClF3O.C8H6ClF3.C8H7ClF2O.C8H9ClO.2C8H9Cl/c1-8(2)11-6-5-9(3)10(4)7-11;1-7(2)12-9-5-4-8(3)10(11)6-9;1-7(2)9-5-4-8(3)10(11)6-9;1-4-10-6-5-8(2)9(3)7-10;1-3-11-8-5-4-7(2)9(10)6-8;1-5-2-3-6(4-7(5)9)13-8(10,11)12;1-5-2-3-6(4-7(5)9)8(10,11)12;1-5-2-3-6(4-7(5)9)12-8(10)11;1-6-3-4-7(10-2)5-8(6)9;1-6-3-4-8(9)5-7(6)2;1-6-3-4-7(2)8(9)5-6/h5-8H,1-4H3;4-7H,1-3H3;4-7H,1-3H3;5-7H,4H2,1-3H3;4-6H,3H2,1-2H3;2-4H,1H3;2-4H,1H3;2-4,8H,1H3;3-5H,1-2H3;2*3-5H,1-2H3. The molecule has 0 atom stereocenters. The molecule has 0 amide bonds. The average molecular weight is 1840 g/mol. The second kappa shape index (κ2) is 56.3. The van der Waals surface area contributed by atoms with Crippen LogP contribution in [0.25, 0.3) is 0 Å². The van der Waals surface area contributed by atoms with Gasteiger partial charge in [0.1, 0.15) is 28.7 Å². The first kappa shape index (κ1) is 110. The largest absolute Gasteiger partial charge is 0.573 e. The van der Waals surface area contributed by atoms with Crippen LogP contribution in [0.2, 0.25) is 45.2 Å². The van der Waals surface area contributed by atoms with E-state index in [9.17, 15) is 35.1 Å². The first-order valence-electron chi connectivity index (χ1n) is 38.3. The number of aryl methyl sites for hydroxylation is 16. The van der Waals surface area contributed by atoms with Gasteiger partial charge in [0.15, 0.2) is 0 Å². The predicted molar refractivity (Wildman–Crippen MR) is 496 cm³/mol. The molecule has 0 bridgehead atoms. The van der Waals surface area contributed by atoms with Gasteiger partial charge in [-0.3, -0.25) is 0 Å². The minimum atomic E-state index is -4.67. The van der Waals surface area contributed by atoms with Crippen molar-refractivity contribution < 1.29 is 58.8 Å². The molecule has 0 aliphatic heterocycles. The van der Waals surface area contributed by atoms with Gasteiger partial charge < -0.3 is 23.7 Å². The monoisotopic (exact) mass is 1840 g/mol. The predicted octanol–water partition coefficient (Wildman–Crippen LogP) is 35.6. The van der Waals surface area contributed by atoms with Crippen LogP contribution in [0.1, 0.15) is 173 Å². The van der Waals surface area contributed by atoms with E-state index in [2.05, 4.69) is 140 Å².